The second kappa shape index (κ2) is 37.3. The fourth-order valence-electron chi connectivity index (χ4n) is 7.94. The summed E-state index contributed by atoms with van der Waals surface area (Å²) in [5.41, 5.74) is 1.57. The van der Waals surface area contributed by atoms with Crippen LogP contribution in [0.4, 0.5) is 0 Å². The Morgan fingerprint density at radius 2 is 1.30 bits per heavy atom. The van der Waals surface area contributed by atoms with Crippen LogP contribution in [-0.4, -0.2) is 116 Å². The first-order valence-electron chi connectivity index (χ1n) is 26.1. The van der Waals surface area contributed by atoms with E-state index in [9.17, 15) is 39.0 Å². The van der Waals surface area contributed by atoms with Crippen LogP contribution in [0.5, 0.6) is 0 Å². The third-order valence-electron chi connectivity index (χ3n) is 12.5. The molecule has 1 aliphatic heterocycles. The summed E-state index contributed by atoms with van der Waals surface area (Å²) >= 11 is 2.27. The Kier molecular flexibility index (Phi) is 39.1. The summed E-state index contributed by atoms with van der Waals surface area (Å²) in [5.74, 6) is -1.80. The van der Waals surface area contributed by atoms with Gasteiger partial charge in [0.2, 0.25) is 11.8 Å². The molecule has 436 valence electrons. The number of nitrogens with zero attached hydrogens (tertiary/aromatic N) is 2. The van der Waals surface area contributed by atoms with Crippen LogP contribution >= 0.6 is 23.5 Å². The third-order valence-corrected chi connectivity index (χ3v) is 15.1. The molecule has 0 aromatic rings. The third kappa shape index (κ3) is 29.0. The number of thioether (sulfide) groups is 2. The van der Waals surface area contributed by atoms with E-state index in [1.54, 1.807) is 20.0 Å². The number of carboxylic acid groups (broad SMARTS) is 2. The minimum Gasteiger partial charge on any atom is -0.687 e. The molecule has 0 saturated heterocycles. The average Bonchev–Trinajstić information content (AvgIpc) is 3.57. The molecule has 2 amide bonds. The van der Waals surface area contributed by atoms with E-state index in [4.69, 9.17) is 19.7 Å². The molecule has 1 aliphatic rings. The van der Waals surface area contributed by atoms with Crippen molar-refractivity contribution in [3.63, 3.8) is 0 Å². The number of amidine groups is 1. The first kappa shape index (κ1) is 79.8. The number of aliphatic carboxylic acids is 2. The molecule has 1 rings (SSSR count). The number of esters is 2. The standard InChI is InChI=1S/C41H70N3O6S.C8H13NO5S.C7H16O.W.Zn/c1-24(2)29(21-32(45)50-35(26(5)6)27(7)8)30(42-17)22-31-33(25(3)4)34(46)36(43-31)44-37(47)28(9)51-20-18-19-49-38(48)41(16,40(13,14)15)23-39(10,11)12;1-4(7(12)9-2)15-5(8(13)14)3-6(10)11;1-5(2)7(8)6(3)4;;/h22,24-28,35,46H,18-21,23H2,1-17H3,(H,43,44,47);4-5H,3H2,1-2H3,(H,9,12)(H,10,11)(H,13,14);5-8H,1-4H3;;/q-1;;;;/b30-29+,31-22-;;;;. The van der Waals surface area contributed by atoms with Crippen LogP contribution in [0.25, 0.3) is 5.32 Å². The molecule has 0 aromatic heterocycles. The summed E-state index contributed by atoms with van der Waals surface area (Å²) in [6.07, 6.45) is 2.38. The molecule has 0 radical (unpaired) electrons. The predicted molar refractivity (Wildman–Crippen MR) is 303 cm³/mol. The van der Waals surface area contributed by atoms with Crippen molar-refractivity contribution in [3.05, 3.63) is 39.7 Å². The molecule has 4 unspecified atom stereocenters. The van der Waals surface area contributed by atoms with Crippen LogP contribution in [0.2, 0.25) is 0 Å². The molecule has 16 nitrogen and oxygen atoms in total. The first-order valence-corrected chi connectivity index (χ1v) is 28.1. The molecule has 0 saturated carbocycles. The minimum atomic E-state index is -1.22. The summed E-state index contributed by atoms with van der Waals surface area (Å²) in [5, 5.41) is 45.1. The van der Waals surface area contributed by atoms with Crippen LogP contribution in [0.1, 0.15) is 171 Å². The molecule has 76 heavy (non-hydrogen) atoms. The minimum absolute atomic E-state index is 0. The van der Waals surface area contributed by atoms with Gasteiger partial charge in [-0.2, -0.15) is 0 Å². The molecule has 1 heterocycles. The van der Waals surface area contributed by atoms with Crippen molar-refractivity contribution in [3.8, 4) is 0 Å². The average molecular weight is 1330 g/mol. The van der Waals surface area contributed by atoms with Gasteiger partial charge < -0.3 is 45.9 Å². The maximum absolute atomic E-state index is 13.2. The number of hydrogen-bond acceptors (Lipinski definition) is 13. The number of amides is 2. The Hall–Kier alpha value is -2.72. The van der Waals surface area contributed by atoms with Gasteiger partial charge in [0.15, 0.2) is 11.6 Å². The van der Waals surface area contributed by atoms with Crippen molar-refractivity contribution in [2.75, 3.05) is 26.5 Å². The SMILES string of the molecule is CC(C)C(O)C(C)C.CNC(=O)C(C)SC(CC(=O)O)C(=O)O.C[N-]C(/C=C1\N=C(NC(=O)C(C)SCCCOC(=O)C(C)(CC(C)(C)C)C(C)(C)C)C(O)=C1C(C)C)=C(\CC(=O)OC(C(C)C)C(C)C)C(C)C.[W].[Zn]. The molecular weight excluding hydrogens is 1230 g/mol. The van der Waals surface area contributed by atoms with Gasteiger partial charge >= 0.3 is 23.9 Å². The van der Waals surface area contributed by atoms with E-state index in [1.807, 2.05) is 90.0 Å². The number of likely N-dealkylation sites (N-methyl/N-ethyl adjacent to an activating group) is 1. The van der Waals surface area contributed by atoms with Gasteiger partial charge in [0.05, 0.1) is 47.2 Å². The van der Waals surface area contributed by atoms with Crippen LogP contribution in [-0.2, 0) is 78.8 Å². The summed E-state index contributed by atoms with van der Waals surface area (Å²) < 4.78 is 11.7. The summed E-state index contributed by atoms with van der Waals surface area (Å²) in [6, 6.07) is 0. The van der Waals surface area contributed by atoms with Gasteiger partial charge in [0, 0.05) is 53.2 Å². The van der Waals surface area contributed by atoms with Gasteiger partial charge in [-0.25, -0.2) is 4.99 Å². The fourth-order valence-corrected chi connectivity index (χ4v) is 9.87. The van der Waals surface area contributed by atoms with E-state index in [1.165, 1.54) is 25.7 Å². The molecule has 0 spiro atoms. The molecule has 0 aliphatic carbocycles. The van der Waals surface area contributed by atoms with Crippen LogP contribution in [0.3, 0.4) is 0 Å². The Morgan fingerprint density at radius 1 is 0.789 bits per heavy atom. The van der Waals surface area contributed by atoms with E-state index in [0.717, 1.165) is 17.3 Å². The number of aliphatic hydroxyl groups excluding tert-OH is 2. The van der Waals surface area contributed by atoms with E-state index in [0.29, 0.717) is 47.4 Å². The van der Waals surface area contributed by atoms with Crippen molar-refractivity contribution in [1.82, 2.24) is 10.6 Å². The number of rotatable bonds is 25. The van der Waals surface area contributed by atoms with E-state index in [-0.39, 0.29) is 136 Å². The number of allylic oxidation sites excluding steroid dienone is 2. The first-order chi connectivity index (χ1) is 33.7. The van der Waals surface area contributed by atoms with Crippen molar-refractivity contribution in [2.24, 2.45) is 56.7 Å². The Morgan fingerprint density at radius 3 is 1.67 bits per heavy atom. The van der Waals surface area contributed by atoms with E-state index < -0.39 is 39.5 Å². The van der Waals surface area contributed by atoms with Crippen LogP contribution in [0, 0.1) is 51.8 Å². The molecule has 0 aromatic carbocycles. The zero-order valence-corrected chi connectivity index (χ0v) is 58.1. The summed E-state index contributed by atoms with van der Waals surface area (Å²) in [4.78, 5) is 76.3. The van der Waals surface area contributed by atoms with Crippen molar-refractivity contribution >= 4 is 65.1 Å². The van der Waals surface area contributed by atoms with Gasteiger partial charge in [-0.05, 0) is 85.7 Å². The Labute approximate surface area is 493 Å². The normalized spacial score (nSPS) is 15.6. The topological polar surface area (TPSA) is 252 Å². The van der Waals surface area contributed by atoms with Crippen molar-refractivity contribution < 1.29 is 99.2 Å². The van der Waals surface area contributed by atoms with Gasteiger partial charge in [-0.15, -0.1) is 36.3 Å². The monoisotopic (exact) mass is 1330 g/mol. The molecule has 6 N–H and O–H groups in total. The molecule has 4 atom stereocenters. The van der Waals surface area contributed by atoms with Crippen molar-refractivity contribution in [2.45, 2.75) is 199 Å². The van der Waals surface area contributed by atoms with Crippen molar-refractivity contribution in [1.29, 1.82) is 0 Å². The molecule has 0 fully saturated rings. The molecular formula is C56H99N4O12S2WZn-. The quantitative estimate of drug-likeness (QED) is 0.0283. The summed E-state index contributed by atoms with van der Waals surface area (Å²) in [6.45, 7) is 42.5. The second-order valence-corrected chi connectivity index (χ2v) is 26.4. The smallest absolute Gasteiger partial charge is 0.317 e. The zero-order chi connectivity index (χ0) is 58.4. The number of carboxylic acids is 2. The predicted octanol–water partition coefficient (Wildman–Crippen LogP) is 11.4. The number of hydrogen-bond donors (Lipinski definition) is 6. The second-order valence-electron chi connectivity index (χ2n) is 23.4. The number of aliphatic hydroxyl groups is 2. The Bertz CT molecular complexity index is 1960. The Balaban J connectivity index is -0.000000854. The van der Waals surface area contributed by atoms with E-state index in [2.05, 4.69) is 62.5 Å². The largest absolute Gasteiger partial charge is 0.687 e. The summed E-state index contributed by atoms with van der Waals surface area (Å²) in [7, 11) is 3.10. The number of carbonyl (C=O) groups is 6. The maximum atomic E-state index is 13.2. The van der Waals surface area contributed by atoms with Gasteiger partial charge in [-0.1, -0.05) is 136 Å². The van der Waals surface area contributed by atoms with Gasteiger partial charge in [-0.3, -0.25) is 28.8 Å². The number of ether oxygens (including phenoxy) is 2. The zero-order valence-electron chi connectivity index (χ0n) is 50.6. The van der Waals surface area contributed by atoms with Gasteiger partial charge in [0.25, 0.3) is 0 Å². The number of carbonyl (C=O) groups excluding carboxylic acids is 4. The van der Waals surface area contributed by atoms with Crippen LogP contribution < -0.4 is 10.6 Å². The number of nitrogens with one attached hydrogen (secondary N) is 2. The van der Waals surface area contributed by atoms with E-state index >= 15 is 0 Å². The number of aliphatic imine (C=N–C) groups is 1. The maximum Gasteiger partial charge on any atom is 0.317 e. The fraction of sp³-hybridized carbons (Fsp3) is 0.768. The van der Waals surface area contributed by atoms with Crippen LogP contribution in [0.15, 0.2) is 39.4 Å². The van der Waals surface area contributed by atoms with Gasteiger partial charge in [0.1, 0.15) is 11.4 Å². The molecule has 0 bridgehead atoms. The molecule has 20 heteroatoms.